The van der Waals surface area contributed by atoms with Gasteiger partial charge in [0.1, 0.15) is 0 Å². The van der Waals surface area contributed by atoms with Crippen molar-refractivity contribution in [1.82, 2.24) is 4.90 Å². The van der Waals surface area contributed by atoms with Gasteiger partial charge in [-0.1, -0.05) is 12.5 Å². The van der Waals surface area contributed by atoms with Crippen LogP contribution in [0.4, 0.5) is 0 Å². The Balaban J connectivity index is 3.86. The van der Waals surface area contributed by atoms with Crippen LogP contribution in [-0.4, -0.2) is 18.0 Å². The van der Waals surface area contributed by atoms with Crippen molar-refractivity contribution < 1.29 is 0 Å². The molecular weight excluding hydrogens is 122 g/mol. The molecule has 0 unspecified atom stereocenters. The predicted molar refractivity (Wildman–Crippen MR) is 46.9 cm³/mol. The maximum absolute atomic E-state index is 2.23. The molecule has 0 amide bonds. The van der Waals surface area contributed by atoms with E-state index in [2.05, 4.69) is 45.8 Å². The molecule has 0 aromatic rings. The van der Waals surface area contributed by atoms with E-state index >= 15 is 0 Å². The molecule has 0 saturated carbocycles. The van der Waals surface area contributed by atoms with Crippen molar-refractivity contribution >= 4 is 0 Å². The highest BCUT2D eigenvalue weighted by Crippen LogP contribution is 2.02. The summed E-state index contributed by atoms with van der Waals surface area (Å²) >= 11 is 0. The summed E-state index contributed by atoms with van der Waals surface area (Å²) in [6, 6.07) is 0.612. The molecule has 0 aromatic carbocycles. The predicted octanol–water partition coefficient (Wildman–Crippen LogP) is 2.64. The summed E-state index contributed by atoms with van der Waals surface area (Å²) in [5.74, 6) is 0. The van der Waals surface area contributed by atoms with E-state index in [9.17, 15) is 0 Å². The summed E-state index contributed by atoms with van der Waals surface area (Å²) in [5.41, 5.74) is 1.44. The second-order valence-corrected chi connectivity index (χ2v) is 3.09. The highest BCUT2D eigenvalue weighted by molar-refractivity contribution is 4.96. The van der Waals surface area contributed by atoms with Crippen molar-refractivity contribution in [2.45, 2.75) is 40.2 Å². The topological polar surface area (TPSA) is 3.24 Å². The third-order valence-corrected chi connectivity index (χ3v) is 1.80. The second kappa shape index (κ2) is 4.37. The monoisotopic (exact) mass is 141 g/mol. The Morgan fingerprint density at radius 3 is 2.30 bits per heavy atom. The van der Waals surface area contributed by atoms with E-state index in [1.54, 1.807) is 0 Å². The van der Waals surface area contributed by atoms with Crippen LogP contribution in [-0.2, 0) is 0 Å². The second-order valence-electron chi connectivity index (χ2n) is 3.09. The number of hydrogen-bond acceptors (Lipinski definition) is 1. The molecule has 0 spiro atoms. The largest absolute Gasteiger partial charge is 0.378 e. The van der Waals surface area contributed by atoms with Gasteiger partial charge in [-0.05, 0) is 33.4 Å². The van der Waals surface area contributed by atoms with Gasteiger partial charge in [0, 0.05) is 13.1 Å². The Morgan fingerprint density at radius 1 is 1.50 bits per heavy atom. The molecule has 0 fully saturated rings. The normalized spacial score (nSPS) is 12.4. The van der Waals surface area contributed by atoms with Crippen LogP contribution in [0, 0.1) is 0 Å². The Labute approximate surface area is 64.7 Å². The average molecular weight is 141 g/mol. The van der Waals surface area contributed by atoms with Gasteiger partial charge in [0.05, 0.1) is 0 Å². The fraction of sp³-hybridized carbons (Fsp3) is 0.778. The van der Waals surface area contributed by atoms with E-state index in [1.807, 2.05) is 0 Å². The minimum absolute atomic E-state index is 0.612. The lowest BCUT2D eigenvalue weighted by Crippen LogP contribution is -2.20. The van der Waals surface area contributed by atoms with Crippen LogP contribution in [0.3, 0.4) is 0 Å². The number of hydrogen-bond donors (Lipinski definition) is 0. The number of rotatable bonds is 3. The quantitative estimate of drug-likeness (QED) is 0.584. The first kappa shape index (κ1) is 9.54. The molecule has 0 rings (SSSR count). The fourth-order valence-corrected chi connectivity index (χ4v) is 0.588. The van der Waals surface area contributed by atoms with Crippen molar-refractivity contribution in [3.8, 4) is 0 Å². The molecule has 1 nitrogen and oxygen atoms in total. The van der Waals surface area contributed by atoms with Crippen LogP contribution >= 0.6 is 0 Å². The smallest absolute Gasteiger partial charge is 0.0224 e. The highest BCUT2D eigenvalue weighted by atomic mass is 15.1. The zero-order valence-electron chi connectivity index (χ0n) is 7.81. The first-order valence-corrected chi connectivity index (χ1v) is 3.97. The Bertz CT molecular complexity index is 114. The van der Waals surface area contributed by atoms with E-state index in [4.69, 9.17) is 0 Å². The number of allylic oxidation sites excluding steroid dienone is 1. The van der Waals surface area contributed by atoms with Crippen molar-refractivity contribution in [2.24, 2.45) is 0 Å². The van der Waals surface area contributed by atoms with E-state index in [0.29, 0.717) is 6.04 Å². The van der Waals surface area contributed by atoms with Crippen molar-refractivity contribution in [2.75, 3.05) is 7.05 Å². The Morgan fingerprint density at radius 2 is 2.00 bits per heavy atom. The Hall–Kier alpha value is -0.460. The van der Waals surface area contributed by atoms with Gasteiger partial charge in [-0.3, -0.25) is 0 Å². The van der Waals surface area contributed by atoms with Crippen molar-refractivity contribution in [1.29, 1.82) is 0 Å². The molecule has 0 saturated heterocycles. The highest BCUT2D eigenvalue weighted by Gasteiger charge is 1.96. The molecule has 60 valence electrons. The first-order valence-electron chi connectivity index (χ1n) is 3.97. The van der Waals surface area contributed by atoms with E-state index in [-0.39, 0.29) is 0 Å². The van der Waals surface area contributed by atoms with Crippen LogP contribution < -0.4 is 0 Å². The van der Waals surface area contributed by atoms with E-state index in [1.165, 1.54) is 5.57 Å². The van der Waals surface area contributed by atoms with Gasteiger partial charge in [0.2, 0.25) is 0 Å². The molecule has 0 heterocycles. The molecule has 0 aliphatic heterocycles. The zero-order valence-corrected chi connectivity index (χ0v) is 7.81. The molecule has 0 radical (unpaired) electrons. The van der Waals surface area contributed by atoms with Gasteiger partial charge in [0.25, 0.3) is 0 Å². The molecule has 0 aromatic heterocycles. The van der Waals surface area contributed by atoms with Gasteiger partial charge in [0.15, 0.2) is 0 Å². The lowest BCUT2D eigenvalue weighted by molar-refractivity contribution is 0.372. The van der Waals surface area contributed by atoms with Crippen LogP contribution in [0.15, 0.2) is 11.8 Å². The van der Waals surface area contributed by atoms with Crippen LogP contribution in [0.5, 0.6) is 0 Å². The third kappa shape index (κ3) is 3.54. The molecule has 0 bridgehead atoms. The van der Waals surface area contributed by atoms with Gasteiger partial charge in [-0.2, -0.15) is 0 Å². The molecule has 0 atom stereocenters. The van der Waals surface area contributed by atoms with E-state index in [0.717, 1.165) is 6.42 Å². The van der Waals surface area contributed by atoms with Crippen molar-refractivity contribution in [3.05, 3.63) is 11.8 Å². The molecular formula is C9H19N. The van der Waals surface area contributed by atoms with Crippen LogP contribution in [0.25, 0.3) is 0 Å². The van der Waals surface area contributed by atoms with Gasteiger partial charge < -0.3 is 4.90 Å². The summed E-state index contributed by atoms with van der Waals surface area (Å²) in [5, 5.41) is 0. The fourth-order valence-electron chi connectivity index (χ4n) is 0.588. The minimum Gasteiger partial charge on any atom is -0.378 e. The standard InChI is InChI=1S/C9H19N/c1-6-9(4)7-10(5)8(2)3/h7-8H,6H2,1-5H3/b9-7+. The van der Waals surface area contributed by atoms with Crippen LogP contribution in [0.1, 0.15) is 34.1 Å². The lowest BCUT2D eigenvalue weighted by atomic mass is 10.2. The number of nitrogens with zero attached hydrogens (tertiary/aromatic N) is 1. The molecule has 0 N–H and O–H groups in total. The van der Waals surface area contributed by atoms with E-state index < -0.39 is 0 Å². The van der Waals surface area contributed by atoms with Gasteiger partial charge >= 0.3 is 0 Å². The summed E-state index contributed by atoms with van der Waals surface area (Å²) in [6.07, 6.45) is 3.36. The molecule has 0 aliphatic carbocycles. The molecule has 1 heteroatoms. The van der Waals surface area contributed by atoms with Gasteiger partial charge in [-0.25, -0.2) is 0 Å². The summed E-state index contributed by atoms with van der Waals surface area (Å²) < 4.78 is 0. The zero-order chi connectivity index (χ0) is 8.15. The first-order chi connectivity index (χ1) is 4.57. The minimum atomic E-state index is 0.612. The third-order valence-electron chi connectivity index (χ3n) is 1.80. The van der Waals surface area contributed by atoms with Crippen LogP contribution in [0.2, 0.25) is 0 Å². The lowest BCUT2D eigenvalue weighted by Gasteiger charge is -2.19. The Kier molecular flexibility index (Phi) is 4.17. The molecule has 0 aliphatic rings. The average Bonchev–Trinajstić information content (AvgIpc) is 1.87. The van der Waals surface area contributed by atoms with Gasteiger partial charge in [-0.15, -0.1) is 0 Å². The van der Waals surface area contributed by atoms with Crippen molar-refractivity contribution in [3.63, 3.8) is 0 Å². The summed E-state index contributed by atoms with van der Waals surface area (Å²) in [6.45, 7) is 8.73. The molecule has 10 heavy (non-hydrogen) atoms. The summed E-state index contributed by atoms with van der Waals surface area (Å²) in [4.78, 5) is 2.23. The maximum Gasteiger partial charge on any atom is 0.0224 e. The summed E-state index contributed by atoms with van der Waals surface area (Å²) in [7, 11) is 2.11. The maximum atomic E-state index is 2.23. The SMILES string of the molecule is CC/C(C)=C/N(C)C(C)C.